The molecule has 0 saturated carbocycles. The van der Waals surface area contributed by atoms with Gasteiger partial charge in [0.2, 0.25) is 0 Å². The lowest BCUT2D eigenvalue weighted by molar-refractivity contribution is 0.103. The Morgan fingerprint density at radius 3 is 2.85 bits per heavy atom. The molecule has 2 N–H and O–H groups in total. The minimum absolute atomic E-state index is 0.00515. The summed E-state index contributed by atoms with van der Waals surface area (Å²) in [6, 6.07) is 6.55. The summed E-state index contributed by atoms with van der Waals surface area (Å²) in [5, 5.41) is 0.749. The molecular weight excluding hydrogens is 338 g/mol. The maximum Gasteiger partial charge on any atom is 0.0464 e. The number of hydrogen-bond acceptors (Lipinski definition) is 3. The molecular formula is C15H23BrClN3. The molecule has 112 valence electrons. The molecule has 1 aliphatic heterocycles. The second-order valence-corrected chi connectivity index (χ2v) is 7.01. The Labute approximate surface area is 135 Å². The fourth-order valence-electron chi connectivity index (χ4n) is 2.61. The number of nitrogens with zero attached hydrogens (tertiary/aromatic N) is 2. The zero-order valence-corrected chi connectivity index (χ0v) is 14.5. The highest BCUT2D eigenvalue weighted by Crippen LogP contribution is 2.27. The first kappa shape index (κ1) is 16.2. The zero-order valence-electron chi connectivity index (χ0n) is 12.1. The molecule has 2 atom stereocenters. The van der Waals surface area contributed by atoms with Crippen molar-refractivity contribution in [3.05, 3.63) is 33.3 Å². The number of likely N-dealkylation sites (N-methyl/N-ethyl adjacent to an activating group) is 1. The van der Waals surface area contributed by atoms with Crippen molar-refractivity contribution in [1.82, 2.24) is 9.80 Å². The van der Waals surface area contributed by atoms with Crippen molar-refractivity contribution >= 4 is 27.5 Å². The van der Waals surface area contributed by atoms with Crippen LogP contribution in [0.2, 0.25) is 5.02 Å². The Bertz CT molecular complexity index is 455. The minimum Gasteiger partial charge on any atom is -0.324 e. The molecule has 0 spiro atoms. The molecule has 2 rings (SSSR count). The summed E-state index contributed by atoms with van der Waals surface area (Å²) in [6.45, 7) is 6.69. The first-order valence-electron chi connectivity index (χ1n) is 7.10. The molecule has 0 radical (unpaired) electrons. The predicted octanol–water partition coefficient (Wildman–Crippen LogP) is 3.13. The van der Waals surface area contributed by atoms with Crippen LogP contribution in [-0.4, -0.2) is 49.1 Å². The highest BCUT2D eigenvalue weighted by atomic mass is 79.9. The monoisotopic (exact) mass is 359 g/mol. The van der Waals surface area contributed by atoms with Crippen LogP contribution in [0, 0.1) is 0 Å². The summed E-state index contributed by atoms with van der Waals surface area (Å²) in [4.78, 5) is 4.90. The largest absolute Gasteiger partial charge is 0.324 e. The number of benzene rings is 1. The minimum atomic E-state index is 0.00515. The zero-order chi connectivity index (χ0) is 14.7. The summed E-state index contributed by atoms with van der Waals surface area (Å²) >= 11 is 9.68. The number of piperazine rings is 1. The topological polar surface area (TPSA) is 32.5 Å². The van der Waals surface area contributed by atoms with Gasteiger partial charge in [-0.15, -0.1) is 0 Å². The van der Waals surface area contributed by atoms with E-state index in [0.717, 1.165) is 47.7 Å². The van der Waals surface area contributed by atoms with Crippen LogP contribution in [0.5, 0.6) is 0 Å². The molecule has 0 aromatic heterocycles. The van der Waals surface area contributed by atoms with Crippen LogP contribution >= 0.6 is 27.5 Å². The highest BCUT2D eigenvalue weighted by molar-refractivity contribution is 9.10. The second kappa shape index (κ2) is 7.23. The van der Waals surface area contributed by atoms with E-state index in [0.29, 0.717) is 6.04 Å². The van der Waals surface area contributed by atoms with Crippen molar-refractivity contribution in [1.29, 1.82) is 0 Å². The summed E-state index contributed by atoms with van der Waals surface area (Å²) in [6.07, 6.45) is 0.942. The predicted molar refractivity (Wildman–Crippen MR) is 89.2 cm³/mol. The van der Waals surface area contributed by atoms with Crippen LogP contribution in [0.15, 0.2) is 22.7 Å². The number of halogens is 2. The van der Waals surface area contributed by atoms with Gasteiger partial charge in [-0.25, -0.2) is 0 Å². The molecule has 1 aliphatic rings. The molecule has 1 heterocycles. The van der Waals surface area contributed by atoms with E-state index in [2.05, 4.69) is 39.7 Å². The van der Waals surface area contributed by atoms with Crippen LogP contribution in [-0.2, 0) is 0 Å². The maximum absolute atomic E-state index is 6.29. The van der Waals surface area contributed by atoms with Crippen LogP contribution < -0.4 is 5.73 Å². The van der Waals surface area contributed by atoms with Crippen molar-refractivity contribution < 1.29 is 0 Å². The van der Waals surface area contributed by atoms with Gasteiger partial charge in [0.05, 0.1) is 0 Å². The normalized spacial score (nSPS) is 22.9. The first-order valence-corrected chi connectivity index (χ1v) is 8.27. The summed E-state index contributed by atoms with van der Waals surface area (Å²) in [5.74, 6) is 0. The Morgan fingerprint density at radius 1 is 1.45 bits per heavy atom. The third-order valence-electron chi connectivity index (χ3n) is 4.16. The van der Waals surface area contributed by atoms with E-state index in [1.807, 2.05) is 18.2 Å². The molecule has 1 aromatic rings. The molecule has 3 nitrogen and oxygen atoms in total. The van der Waals surface area contributed by atoms with Gasteiger partial charge in [0.25, 0.3) is 0 Å². The molecule has 1 fully saturated rings. The van der Waals surface area contributed by atoms with Crippen molar-refractivity contribution in [3.63, 3.8) is 0 Å². The Balaban J connectivity index is 1.87. The van der Waals surface area contributed by atoms with Crippen molar-refractivity contribution in [3.8, 4) is 0 Å². The van der Waals surface area contributed by atoms with Gasteiger partial charge in [-0.05, 0) is 38.1 Å². The first-order chi connectivity index (χ1) is 9.47. The van der Waals surface area contributed by atoms with Crippen LogP contribution in [0.4, 0.5) is 0 Å². The van der Waals surface area contributed by atoms with Crippen LogP contribution in [0.3, 0.4) is 0 Å². The molecule has 1 aromatic carbocycles. The summed E-state index contributed by atoms with van der Waals surface area (Å²) in [7, 11) is 2.19. The molecule has 20 heavy (non-hydrogen) atoms. The Kier molecular flexibility index (Phi) is 5.87. The van der Waals surface area contributed by atoms with Gasteiger partial charge in [-0.1, -0.05) is 33.6 Å². The summed E-state index contributed by atoms with van der Waals surface area (Å²) < 4.78 is 0.992. The molecule has 2 unspecified atom stereocenters. The van der Waals surface area contributed by atoms with E-state index in [-0.39, 0.29) is 6.04 Å². The Hall–Kier alpha value is -0.130. The van der Waals surface area contributed by atoms with E-state index in [9.17, 15) is 0 Å². The molecule has 0 aliphatic carbocycles. The highest BCUT2D eigenvalue weighted by Gasteiger charge is 2.21. The third kappa shape index (κ3) is 4.18. The van der Waals surface area contributed by atoms with Crippen LogP contribution in [0.25, 0.3) is 0 Å². The van der Waals surface area contributed by atoms with E-state index in [1.54, 1.807) is 0 Å². The maximum atomic E-state index is 6.29. The lowest BCUT2D eigenvalue weighted by Crippen LogP contribution is -2.50. The Morgan fingerprint density at radius 2 is 2.20 bits per heavy atom. The van der Waals surface area contributed by atoms with Crippen molar-refractivity contribution in [2.75, 3.05) is 33.2 Å². The van der Waals surface area contributed by atoms with Gasteiger partial charge in [0.1, 0.15) is 0 Å². The lowest BCUT2D eigenvalue weighted by atomic mass is 10.0. The molecule has 0 bridgehead atoms. The van der Waals surface area contributed by atoms with Gasteiger partial charge in [-0.2, -0.15) is 0 Å². The average Bonchev–Trinajstić information content (AvgIpc) is 2.40. The van der Waals surface area contributed by atoms with Gasteiger partial charge in [0.15, 0.2) is 0 Å². The van der Waals surface area contributed by atoms with Gasteiger partial charge in [-0.3, -0.25) is 0 Å². The van der Waals surface area contributed by atoms with Crippen molar-refractivity contribution in [2.45, 2.75) is 25.4 Å². The molecule has 0 amide bonds. The summed E-state index contributed by atoms with van der Waals surface area (Å²) in [5.41, 5.74) is 7.33. The standard InChI is InChI=1S/C15H23BrClN3/c1-11-10-20(8-7-19(11)2)6-5-15(18)13-4-3-12(16)9-14(13)17/h3-4,9,11,15H,5-8,10,18H2,1-2H3. The average molecular weight is 361 g/mol. The number of nitrogens with two attached hydrogens (primary N) is 1. The molecule has 5 heteroatoms. The number of hydrogen-bond donors (Lipinski definition) is 1. The van der Waals surface area contributed by atoms with Gasteiger partial charge >= 0.3 is 0 Å². The van der Waals surface area contributed by atoms with E-state index < -0.39 is 0 Å². The molecule has 1 saturated heterocycles. The fraction of sp³-hybridized carbons (Fsp3) is 0.600. The van der Waals surface area contributed by atoms with Crippen molar-refractivity contribution in [2.24, 2.45) is 5.73 Å². The van der Waals surface area contributed by atoms with E-state index in [4.69, 9.17) is 17.3 Å². The van der Waals surface area contributed by atoms with E-state index in [1.165, 1.54) is 0 Å². The second-order valence-electron chi connectivity index (χ2n) is 5.69. The SMILES string of the molecule is CC1CN(CCC(N)c2ccc(Br)cc2Cl)CCN1C. The lowest BCUT2D eigenvalue weighted by Gasteiger charge is -2.38. The smallest absolute Gasteiger partial charge is 0.0464 e. The van der Waals surface area contributed by atoms with Crippen LogP contribution in [0.1, 0.15) is 24.9 Å². The van der Waals surface area contributed by atoms with Gasteiger partial charge < -0.3 is 15.5 Å². The third-order valence-corrected chi connectivity index (χ3v) is 4.98. The van der Waals surface area contributed by atoms with E-state index >= 15 is 0 Å². The number of rotatable bonds is 4. The fourth-order valence-corrected chi connectivity index (χ4v) is 3.42. The van der Waals surface area contributed by atoms with Gasteiger partial charge in [0, 0.05) is 47.8 Å². The quantitative estimate of drug-likeness (QED) is 0.895.